The summed E-state index contributed by atoms with van der Waals surface area (Å²) in [6.07, 6.45) is 0.130. The Bertz CT molecular complexity index is 649. The first-order chi connectivity index (χ1) is 10.9. The van der Waals surface area contributed by atoms with Crippen LogP contribution in [0.5, 0.6) is 5.75 Å². The van der Waals surface area contributed by atoms with Crippen molar-refractivity contribution in [3.8, 4) is 5.75 Å². The number of halogens is 1. The van der Waals surface area contributed by atoms with Gasteiger partial charge in [-0.05, 0) is 50.2 Å². The summed E-state index contributed by atoms with van der Waals surface area (Å²) in [5, 5.41) is 12.9. The highest BCUT2D eigenvalue weighted by Gasteiger charge is 2.27. The Labute approximate surface area is 134 Å². The van der Waals surface area contributed by atoms with Crippen molar-refractivity contribution >= 4 is 5.91 Å². The molecule has 1 amide bonds. The monoisotopic (exact) mass is 321 g/mol. The number of aryl methyl sites for hydroxylation is 1. The van der Waals surface area contributed by atoms with Gasteiger partial charge in [0, 0.05) is 0 Å². The van der Waals surface area contributed by atoms with E-state index in [2.05, 4.69) is 5.32 Å². The zero-order valence-electron chi connectivity index (χ0n) is 13.1. The van der Waals surface area contributed by atoms with Crippen molar-refractivity contribution in [2.75, 3.05) is 13.2 Å². The van der Waals surface area contributed by atoms with Crippen LogP contribution in [0, 0.1) is 12.7 Å². The number of amides is 1. The van der Waals surface area contributed by atoms with Gasteiger partial charge >= 0.3 is 0 Å². The van der Waals surface area contributed by atoms with E-state index in [1.807, 2.05) is 0 Å². The fraction of sp³-hybridized carbons (Fsp3) is 0.353. The normalized spacial score (nSPS) is 13.4. The van der Waals surface area contributed by atoms with Gasteiger partial charge in [0.15, 0.2) is 0 Å². The highest BCUT2D eigenvalue weighted by atomic mass is 19.1. The number of ether oxygens (including phenoxy) is 1. The smallest absolute Gasteiger partial charge is 0.223 e. The van der Waals surface area contributed by atoms with Gasteiger partial charge < -0.3 is 19.6 Å². The second-order valence-electron chi connectivity index (χ2n) is 5.51. The van der Waals surface area contributed by atoms with Crippen LogP contribution >= 0.6 is 0 Å². The largest absolute Gasteiger partial charge is 0.493 e. The van der Waals surface area contributed by atoms with Crippen LogP contribution in [-0.4, -0.2) is 24.2 Å². The summed E-state index contributed by atoms with van der Waals surface area (Å²) < 4.78 is 23.5. The molecule has 124 valence electrons. The number of carbonyl (C=O) groups is 1. The summed E-state index contributed by atoms with van der Waals surface area (Å²) in [6, 6.07) is 9.01. The Morgan fingerprint density at radius 3 is 2.61 bits per heavy atom. The molecule has 0 aliphatic rings. The lowest BCUT2D eigenvalue weighted by molar-refractivity contribution is -0.122. The fourth-order valence-corrected chi connectivity index (χ4v) is 1.96. The van der Waals surface area contributed by atoms with Crippen LogP contribution < -0.4 is 10.1 Å². The summed E-state index contributed by atoms with van der Waals surface area (Å²) in [5.74, 6) is 0.996. The fourth-order valence-electron chi connectivity index (χ4n) is 1.96. The highest BCUT2D eigenvalue weighted by Crippen LogP contribution is 2.21. The van der Waals surface area contributed by atoms with Crippen molar-refractivity contribution in [3.63, 3.8) is 0 Å². The zero-order valence-corrected chi connectivity index (χ0v) is 13.1. The Balaban J connectivity index is 1.73. The average Bonchev–Trinajstić information content (AvgIpc) is 2.95. The molecular weight excluding hydrogens is 301 g/mol. The molecule has 23 heavy (non-hydrogen) atoms. The first-order valence-electron chi connectivity index (χ1n) is 7.31. The van der Waals surface area contributed by atoms with Gasteiger partial charge in [0.25, 0.3) is 0 Å². The van der Waals surface area contributed by atoms with E-state index in [1.54, 1.807) is 26.0 Å². The molecule has 2 rings (SSSR count). The molecule has 0 spiro atoms. The lowest BCUT2D eigenvalue weighted by Gasteiger charge is -2.21. The standard InChI is InChI=1S/C17H20FNO4/c1-12-3-8-15(23-12)17(2,21)11-19-16(20)9-10-22-14-6-4-13(18)5-7-14/h3-8,21H,9-11H2,1-2H3,(H,19,20). The minimum atomic E-state index is -1.28. The number of hydrogen-bond acceptors (Lipinski definition) is 4. The maximum atomic E-state index is 12.7. The number of aliphatic hydroxyl groups is 1. The van der Waals surface area contributed by atoms with E-state index in [-0.39, 0.29) is 31.3 Å². The number of hydrogen-bond donors (Lipinski definition) is 2. The molecule has 0 fully saturated rings. The van der Waals surface area contributed by atoms with Crippen molar-refractivity contribution in [2.24, 2.45) is 0 Å². The Morgan fingerprint density at radius 2 is 2.00 bits per heavy atom. The summed E-state index contributed by atoms with van der Waals surface area (Å²) >= 11 is 0. The summed E-state index contributed by atoms with van der Waals surface area (Å²) in [7, 11) is 0. The average molecular weight is 321 g/mol. The van der Waals surface area contributed by atoms with Gasteiger partial charge in [0.1, 0.15) is 28.7 Å². The molecule has 1 heterocycles. The van der Waals surface area contributed by atoms with Gasteiger partial charge in [-0.3, -0.25) is 4.79 Å². The van der Waals surface area contributed by atoms with Gasteiger partial charge in [-0.2, -0.15) is 0 Å². The quantitative estimate of drug-likeness (QED) is 0.822. The van der Waals surface area contributed by atoms with E-state index < -0.39 is 5.60 Å². The van der Waals surface area contributed by atoms with E-state index in [9.17, 15) is 14.3 Å². The van der Waals surface area contributed by atoms with E-state index in [0.29, 0.717) is 17.3 Å². The third kappa shape index (κ3) is 5.10. The number of carbonyl (C=O) groups excluding carboxylic acids is 1. The molecule has 1 aromatic carbocycles. The van der Waals surface area contributed by atoms with Crippen molar-refractivity contribution in [3.05, 3.63) is 53.7 Å². The lowest BCUT2D eigenvalue weighted by atomic mass is 10.0. The first-order valence-corrected chi connectivity index (χ1v) is 7.31. The highest BCUT2D eigenvalue weighted by molar-refractivity contribution is 5.76. The second-order valence-corrected chi connectivity index (χ2v) is 5.51. The van der Waals surface area contributed by atoms with Gasteiger partial charge in [-0.25, -0.2) is 4.39 Å². The molecule has 2 N–H and O–H groups in total. The molecule has 0 radical (unpaired) electrons. The number of nitrogens with one attached hydrogen (secondary N) is 1. The topological polar surface area (TPSA) is 71.7 Å². The molecule has 0 aliphatic heterocycles. The van der Waals surface area contributed by atoms with Crippen molar-refractivity contribution in [2.45, 2.75) is 25.9 Å². The van der Waals surface area contributed by atoms with Gasteiger partial charge in [0.2, 0.25) is 5.91 Å². The van der Waals surface area contributed by atoms with Gasteiger partial charge in [-0.15, -0.1) is 0 Å². The molecule has 0 bridgehead atoms. The molecule has 0 aliphatic carbocycles. The molecule has 1 unspecified atom stereocenters. The van der Waals surface area contributed by atoms with Crippen molar-refractivity contribution in [1.29, 1.82) is 0 Å². The summed E-state index contributed by atoms with van der Waals surface area (Å²) in [6.45, 7) is 3.56. The number of rotatable bonds is 7. The second kappa shape index (κ2) is 7.28. The Kier molecular flexibility index (Phi) is 5.39. The third-order valence-electron chi connectivity index (χ3n) is 3.31. The van der Waals surface area contributed by atoms with Crippen molar-refractivity contribution < 1.29 is 23.4 Å². The molecular formula is C17H20FNO4. The Hall–Kier alpha value is -2.34. The van der Waals surface area contributed by atoms with Crippen LogP contribution in [0.25, 0.3) is 0 Å². The SMILES string of the molecule is Cc1ccc(C(C)(O)CNC(=O)CCOc2ccc(F)cc2)o1. The van der Waals surface area contributed by atoms with Crippen LogP contribution in [0.4, 0.5) is 4.39 Å². The third-order valence-corrected chi connectivity index (χ3v) is 3.31. The number of furan rings is 1. The maximum absolute atomic E-state index is 12.7. The molecule has 2 aromatic rings. The minimum absolute atomic E-state index is 0.0370. The molecule has 5 nitrogen and oxygen atoms in total. The summed E-state index contributed by atoms with van der Waals surface area (Å²) in [5.41, 5.74) is -1.28. The molecule has 0 saturated carbocycles. The molecule has 1 aromatic heterocycles. The molecule has 0 saturated heterocycles. The minimum Gasteiger partial charge on any atom is -0.493 e. The van der Waals surface area contributed by atoms with Crippen LogP contribution in [0.3, 0.4) is 0 Å². The van der Waals surface area contributed by atoms with Crippen LogP contribution in [-0.2, 0) is 10.4 Å². The summed E-state index contributed by atoms with van der Waals surface area (Å²) in [4.78, 5) is 11.8. The predicted molar refractivity (Wildman–Crippen MR) is 82.5 cm³/mol. The van der Waals surface area contributed by atoms with E-state index >= 15 is 0 Å². The van der Waals surface area contributed by atoms with E-state index in [1.165, 1.54) is 24.3 Å². The zero-order chi connectivity index (χ0) is 16.9. The van der Waals surface area contributed by atoms with Crippen LogP contribution in [0.2, 0.25) is 0 Å². The van der Waals surface area contributed by atoms with Crippen molar-refractivity contribution in [1.82, 2.24) is 5.32 Å². The lowest BCUT2D eigenvalue weighted by Crippen LogP contribution is -2.38. The van der Waals surface area contributed by atoms with E-state index in [0.717, 1.165) is 0 Å². The number of benzene rings is 1. The first kappa shape index (κ1) is 17.0. The van der Waals surface area contributed by atoms with Gasteiger partial charge in [0.05, 0.1) is 19.6 Å². The van der Waals surface area contributed by atoms with E-state index in [4.69, 9.17) is 9.15 Å². The predicted octanol–water partition coefficient (Wildman–Crippen LogP) is 2.52. The molecule has 6 heteroatoms. The molecule has 1 atom stereocenters. The van der Waals surface area contributed by atoms with Crippen LogP contribution in [0.15, 0.2) is 40.8 Å². The van der Waals surface area contributed by atoms with Crippen LogP contribution in [0.1, 0.15) is 24.9 Å². The Morgan fingerprint density at radius 1 is 1.30 bits per heavy atom. The maximum Gasteiger partial charge on any atom is 0.223 e. The van der Waals surface area contributed by atoms with Gasteiger partial charge in [-0.1, -0.05) is 0 Å².